The third-order valence-corrected chi connectivity index (χ3v) is 3.06. The molecule has 10 nitrogen and oxygen atoms in total. The molecule has 0 unspecified atom stereocenters. The van der Waals surface area contributed by atoms with Crippen LogP contribution in [-0.2, 0) is 4.74 Å². The first kappa shape index (κ1) is 15.3. The quantitative estimate of drug-likeness (QED) is 0.394. The lowest BCUT2D eigenvalue weighted by Crippen LogP contribution is -2.42. The van der Waals surface area contributed by atoms with Gasteiger partial charge in [-0.2, -0.15) is 4.39 Å². The molecular formula is C10H11FN2O8. The molecule has 1 saturated heterocycles. The summed E-state index contributed by atoms with van der Waals surface area (Å²) in [5.74, 6) is -3.69. The first-order valence-electron chi connectivity index (χ1n) is 5.69. The monoisotopic (exact) mass is 306 g/mol. The van der Waals surface area contributed by atoms with Crippen molar-refractivity contribution >= 4 is 5.97 Å². The van der Waals surface area contributed by atoms with E-state index in [1.54, 1.807) is 0 Å². The van der Waals surface area contributed by atoms with Gasteiger partial charge in [0, 0.05) is 0 Å². The number of nitrogens with one attached hydrogen (secondary N) is 1. The van der Waals surface area contributed by atoms with E-state index in [-0.39, 0.29) is 4.57 Å². The van der Waals surface area contributed by atoms with Gasteiger partial charge in [0.15, 0.2) is 11.9 Å². The maximum Gasteiger partial charge on any atom is 0.356 e. The van der Waals surface area contributed by atoms with Crippen molar-refractivity contribution in [2.45, 2.75) is 24.5 Å². The maximum absolute atomic E-state index is 13.6. The van der Waals surface area contributed by atoms with Crippen LogP contribution in [0.2, 0.25) is 0 Å². The molecule has 0 bridgehead atoms. The Labute approximate surface area is 114 Å². The van der Waals surface area contributed by atoms with E-state index < -0.39 is 59.9 Å². The van der Waals surface area contributed by atoms with Crippen LogP contribution in [0, 0.1) is 5.82 Å². The van der Waals surface area contributed by atoms with Gasteiger partial charge in [0.1, 0.15) is 18.3 Å². The molecule has 21 heavy (non-hydrogen) atoms. The van der Waals surface area contributed by atoms with E-state index in [9.17, 15) is 29.0 Å². The van der Waals surface area contributed by atoms with Crippen LogP contribution in [0.4, 0.5) is 4.39 Å². The highest BCUT2D eigenvalue weighted by Crippen LogP contribution is 2.29. The Morgan fingerprint density at radius 3 is 2.43 bits per heavy atom. The van der Waals surface area contributed by atoms with E-state index in [1.807, 2.05) is 0 Å². The van der Waals surface area contributed by atoms with Crippen molar-refractivity contribution in [1.29, 1.82) is 0 Å². The fourth-order valence-electron chi connectivity index (χ4n) is 2.06. The summed E-state index contributed by atoms with van der Waals surface area (Å²) in [7, 11) is 0. The largest absolute Gasteiger partial charge is 0.476 e. The van der Waals surface area contributed by atoms with Crippen molar-refractivity contribution in [2.75, 3.05) is 6.61 Å². The van der Waals surface area contributed by atoms with Gasteiger partial charge in [-0.15, -0.1) is 0 Å². The lowest BCUT2D eigenvalue weighted by Gasteiger charge is -2.19. The van der Waals surface area contributed by atoms with E-state index in [0.717, 1.165) is 0 Å². The van der Waals surface area contributed by atoms with Crippen molar-refractivity contribution in [1.82, 2.24) is 9.55 Å². The van der Waals surface area contributed by atoms with E-state index in [4.69, 9.17) is 14.9 Å². The summed E-state index contributed by atoms with van der Waals surface area (Å²) in [4.78, 5) is 35.4. The number of rotatable bonds is 3. The van der Waals surface area contributed by atoms with Crippen molar-refractivity contribution < 1.29 is 34.3 Å². The smallest absolute Gasteiger partial charge is 0.356 e. The number of nitrogens with zero attached hydrogens (tertiary/aromatic N) is 1. The van der Waals surface area contributed by atoms with Crippen LogP contribution in [-0.4, -0.2) is 60.9 Å². The van der Waals surface area contributed by atoms with Gasteiger partial charge >= 0.3 is 11.7 Å². The average Bonchev–Trinajstić information content (AvgIpc) is 2.69. The molecule has 4 atom stereocenters. The standard InChI is InChI=1S/C10H11FN2O8/c11-3-4(9(18)19)13(10(20)12-7(3)17)8-6(16)5(15)2(1-14)21-8/h2,5-6,8,14-16H,1H2,(H,18,19)(H,12,17,20)/t2-,5-,6-,8-/m1/s1. The van der Waals surface area contributed by atoms with Crippen LogP contribution >= 0.6 is 0 Å². The van der Waals surface area contributed by atoms with Gasteiger partial charge in [0.25, 0.3) is 5.56 Å². The number of hydrogen-bond donors (Lipinski definition) is 5. The second-order valence-corrected chi connectivity index (χ2v) is 4.33. The molecule has 1 aromatic heterocycles. The number of aromatic nitrogens is 2. The first-order chi connectivity index (χ1) is 9.79. The topological polar surface area (TPSA) is 162 Å². The van der Waals surface area contributed by atoms with Crippen LogP contribution < -0.4 is 11.2 Å². The summed E-state index contributed by atoms with van der Waals surface area (Å²) in [6, 6.07) is 0. The zero-order valence-electron chi connectivity index (χ0n) is 10.3. The van der Waals surface area contributed by atoms with Gasteiger partial charge in [-0.25, -0.2) is 9.59 Å². The Kier molecular flexibility index (Phi) is 3.91. The van der Waals surface area contributed by atoms with E-state index >= 15 is 0 Å². The number of aromatic amines is 1. The summed E-state index contributed by atoms with van der Waals surface area (Å²) in [6.07, 6.45) is -6.50. The number of carboxylic acid groups (broad SMARTS) is 1. The Morgan fingerprint density at radius 1 is 1.33 bits per heavy atom. The molecule has 2 rings (SSSR count). The summed E-state index contributed by atoms with van der Waals surface area (Å²) in [5.41, 5.74) is -4.20. The Morgan fingerprint density at radius 2 is 1.95 bits per heavy atom. The Hall–Kier alpha value is -2.08. The van der Waals surface area contributed by atoms with Crippen LogP contribution in [0.5, 0.6) is 0 Å². The number of ether oxygens (including phenoxy) is 1. The van der Waals surface area contributed by atoms with Gasteiger partial charge in [0.2, 0.25) is 5.82 Å². The number of H-pyrrole nitrogens is 1. The van der Waals surface area contributed by atoms with Crippen molar-refractivity contribution in [3.05, 3.63) is 32.3 Å². The molecule has 1 aromatic rings. The molecule has 1 fully saturated rings. The van der Waals surface area contributed by atoms with Crippen LogP contribution in [0.15, 0.2) is 9.59 Å². The van der Waals surface area contributed by atoms with E-state index in [1.165, 1.54) is 4.98 Å². The second kappa shape index (κ2) is 5.37. The van der Waals surface area contributed by atoms with E-state index in [0.29, 0.717) is 0 Å². The summed E-state index contributed by atoms with van der Waals surface area (Å²) >= 11 is 0. The maximum atomic E-state index is 13.6. The van der Waals surface area contributed by atoms with E-state index in [2.05, 4.69) is 0 Å². The Bertz CT molecular complexity index is 683. The first-order valence-corrected chi connectivity index (χ1v) is 5.69. The molecule has 11 heteroatoms. The van der Waals surface area contributed by atoms with Crippen molar-refractivity contribution in [3.63, 3.8) is 0 Å². The number of aromatic carboxylic acids is 1. The molecular weight excluding hydrogens is 295 g/mol. The molecule has 1 aliphatic rings. The molecule has 0 radical (unpaired) electrons. The lowest BCUT2D eigenvalue weighted by molar-refractivity contribution is -0.0567. The van der Waals surface area contributed by atoms with Gasteiger partial charge < -0.3 is 25.2 Å². The number of halogens is 1. The molecule has 0 aliphatic carbocycles. The van der Waals surface area contributed by atoms with Crippen LogP contribution in [0.1, 0.15) is 16.7 Å². The number of hydrogen-bond acceptors (Lipinski definition) is 7. The van der Waals surface area contributed by atoms with Gasteiger partial charge in [-0.05, 0) is 0 Å². The highest BCUT2D eigenvalue weighted by molar-refractivity contribution is 5.85. The van der Waals surface area contributed by atoms with Crippen LogP contribution in [0.25, 0.3) is 0 Å². The highest BCUT2D eigenvalue weighted by atomic mass is 19.1. The molecule has 5 N–H and O–H groups in total. The third kappa shape index (κ3) is 2.35. The minimum absolute atomic E-state index is 0.169. The summed E-state index contributed by atoms with van der Waals surface area (Å²) in [5, 5.41) is 37.2. The minimum Gasteiger partial charge on any atom is -0.476 e. The third-order valence-electron chi connectivity index (χ3n) is 3.06. The number of carboxylic acids is 1. The SMILES string of the molecule is O=C(O)c1c(F)c(=O)[nH]c(=O)n1[C@@H]1O[C@H](CO)[C@@H](O)[C@H]1O. The lowest BCUT2D eigenvalue weighted by atomic mass is 10.1. The zero-order valence-corrected chi connectivity index (χ0v) is 10.3. The predicted molar refractivity (Wildman–Crippen MR) is 61.2 cm³/mol. The van der Waals surface area contributed by atoms with Crippen molar-refractivity contribution in [2.24, 2.45) is 0 Å². The van der Waals surface area contributed by atoms with Crippen molar-refractivity contribution in [3.8, 4) is 0 Å². The Balaban J connectivity index is 2.65. The molecule has 116 valence electrons. The number of carbonyl (C=O) groups is 1. The fourth-order valence-corrected chi connectivity index (χ4v) is 2.06. The molecule has 1 aliphatic heterocycles. The zero-order chi connectivity index (χ0) is 15.9. The summed E-state index contributed by atoms with van der Waals surface area (Å²) in [6.45, 7) is -0.724. The minimum atomic E-state index is -1.94. The number of aliphatic hydroxyl groups is 3. The number of aliphatic hydroxyl groups excluding tert-OH is 3. The molecule has 0 saturated carbocycles. The summed E-state index contributed by atoms with van der Waals surface area (Å²) < 4.78 is 18.7. The van der Waals surface area contributed by atoms with Gasteiger partial charge in [-0.1, -0.05) is 0 Å². The second-order valence-electron chi connectivity index (χ2n) is 4.33. The molecule has 0 amide bonds. The normalized spacial score (nSPS) is 28.8. The van der Waals surface area contributed by atoms with Crippen LogP contribution in [0.3, 0.4) is 0 Å². The molecule has 0 aromatic carbocycles. The fraction of sp³-hybridized carbons (Fsp3) is 0.500. The molecule has 0 spiro atoms. The molecule has 2 heterocycles. The predicted octanol–water partition coefficient (Wildman–Crippen LogP) is -3.01. The van der Waals surface area contributed by atoms with Gasteiger partial charge in [-0.3, -0.25) is 14.3 Å². The van der Waals surface area contributed by atoms with Gasteiger partial charge in [0.05, 0.1) is 6.61 Å². The highest BCUT2D eigenvalue weighted by Gasteiger charge is 2.45. The average molecular weight is 306 g/mol.